The molecule has 3 aliphatic heterocycles. The van der Waals surface area contributed by atoms with Crippen molar-refractivity contribution in [3.05, 3.63) is 11.1 Å². The second-order valence-corrected chi connectivity index (χ2v) is 12.2. The van der Waals surface area contributed by atoms with E-state index in [9.17, 15) is 9.90 Å². The summed E-state index contributed by atoms with van der Waals surface area (Å²) in [5, 5.41) is 14.8. The zero-order valence-corrected chi connectivity index (χ0v) is 20.2. The van der Waals surface area contributed by atoms with E-state index in [0.29, 0.717) is 13.0 Å². The lowest BCUT2D eigenvalue weighted by atomic mass is 9.58. The minimum atomic E-state index is -1.00. The maximum Gasteiger partial charge on any atom is 0.314 e. The number of fused-ring (bicyclic) bond motifs is 3. The highest BCUT2D eigenvalue weighted by atomic mass is 32.2. The minimum Gasteiger partial charge on any atom is -0.454 e. The summed E-state index contributed by atoms with van der Waals surface area (Å²) >= 11 is 4.00. The minimum absolute atomic E-state index is 0.107. The lowest BCUT2D eigenvalue weighted by Crippen LogP contribution is -2.55. The molecular weight excluding hydrogens is 416 g/mol. The molecule has 0 spiro atoms. The van der Waals surface area contributed by atoms with E-state index in [2.05, 4.69) is 24.1 Å². The van der Waals surface area contributed by atoms with Crippen LogP contribution >= 0.6 is 23.5 Å². The molecule has 5 aliphatic rings. The van der Waals surface area contributed by atoms with Crippen LogP contribution in [0.4, 0.5) is 0 Å². The van der Waals surface area contributed by atoms with E-state index in [1.165, 1.54) is 42.2 Å². The molecule has 0 bridgehead atoms. The number of allylic oxidation sites excluding steroid dienone is 1. The molecular formula is C23H38N2O3S2. The van der Waals surface area contributed by atoms with Gasteiger partial charge in [0.1, 0.15) is 11.5 Å². The molecule has 5 nitrogen and oxygen atoms in total. The van der Waals surface area contributed by atoms with Gasteiger partial charge < -0.3 is 20.1 Å². The fourth-order valence-electron chi connectivity index (χ4n) is 5.90. The van der Waals surface area contributed by atoms with Gasteiger partial charge in [0, 0.05) is 55.7 Å². The predicted octanol–water partition coefficient (Wildman–Crippen LogP) is 2.93. The first-order valence-corrected chi connectivity index (χ1v) is 14.0. The predicted molar refractivity (Wildman–Crippen MR) is 126 cm³/mol. The molecule has 2 aliphatic carbocycles. The highest BCUT2D eigenvalue weighted by Crippen LogP contribution is 2.57. The Kier molecular flexibility index (Phi) is 7.45. The number of aliphatic hydroxyl groups is 1. The van der Waals surface area contributed by atoms with Crippen molar-refractivity contribution >= 4 is 29.5 Å². The number of nitrogens with zero attached hydrogens (tertiary/aromatic N) is 1. The quantitative estimate of drug-likeness (QED) is 0.491. The zero-order valence-electron chi connectivity index (χ0n) is 18.6. The van der Waals surface area contributed by atoms with Crippen LogP contribution < -0.4 is 5.32 Å². The number of thioether (sulfide) groups is 2. The van der Waals surface area contributed by atoms with Crippen LogP contribution in [0.25, 0.3) is 0 Å². The van der Waals surface area contributed by atoms with Gasteiger partial charge in [-0.15, -0.1) is 0 Å². The lowest BCUT2D eigenvalue weighted by molar-refractivity contribution is -0.144. The summed E-state index contributed by atoms with van der Waals surface area (Å²) in [5.74, 6) is 4.27. The van der Waals surface area contributed by atoms with Crippen molar-refractivity contribution in [2.75, 3.05) is 55.7 Å². The number of hydrogen-bond acceptors (Lipinski definition) is 7. The largest absolute Gasteiger partial charge is 0.454 e. The van der Waals surface area contributed by atoms with Crippen LogP contribution in [0.15, 0.2) is 11.1 Å². The van der Waals surface area contributed by atoms with Gasteiger partial charge in [-0.3, -0.25) is 4.79 Å². The number of carbonyl (C=O) groups is 1. The van der Waals surface area contributed by atoms with Crippen LogP contribution in [0.3, 0.4) is 0 Å². The first-order valence-electron chi connectivity index (χ1n) is 11.7. The van der Waals surface area contributed by atoms with E-state index < -0.39 is 17.6 Å². The van der Waals surface area contributed by atoms with Crippen molar-refractivity contribution in [3.63, 3.8) is 0 Å². The Morgan fingerprint density at radius 1 is 1.13 bits per heavy atom. The highest BCUT2D eigenvalue weighted by molar-refractivity contribution is 7.99. The molecule has 0 amide bonds. The van der Waals surface area contributed by atoms with E-state index in [-0.39, 0.29) is 11.4 Å². The molecule has 0 aromatic rings. The Morgan fingerprint density at radius 3 is 2.47 bits per heavy atom. The Morgan fingerprint density at radius 2 is 1.83 bits per heavy atom. The molecule has 170 valence electrons. The summed E-state index contributed by atoms with van der Waals surface area (Å²) in [4.78, 5) is 15.0. The second kappa shape index (κ2) is 9.74. The van der Waals surface area contributed by atoms with E-state index in [1.807, 2.05) is 23.5 Å². The van der Waals surface area contributed by atoms with Crippen LogP contribution in [0.1, 0.15) is 46.0 Å². The van der Waals surface area contributed by atoms with Crippen LogP contribution in [-0.4, -0.2) is 83.4 Å². The summed E-state index contributed by atoms with van der Waals surface area (Å²) in [7, 11) is 0. The van der Waals surface area contributed by atoms with Crippen LogP contribution in [0.5, 0.6) is 0 Å². The van der Waals surface area contributed by atoms with Crippen molar-refractivity contribution in [3.8, 4) is 0 Å². The Balaban J connectivity index is 0.000000313. The molecule has 4 fully saturated rings. The van der Waals surface area contributed by atoms with Crippen molar-refractivity contribution in [2.45, 2.75) is 57.7 Å². The maximum absolute atomic E-state index is 12.7. The summed E-state index contributed by atoms with van der Waals surface area (Å²) in [6.07, 6.45) is 4.67. The SMILES string of the molecule is C1CSCCN1.CC1=C2[C@@H]3OC(=O)C(CN4CCSCC4)C3(O)CC[C@@]2(C)CCC1. The third-order valence-corrected chi connectivity index (χ3v) is 9.62. The Hall–Kier alpha value is -0.210. The fourth-order valence-corrected chi connectivity index (χ4v) is 7.66. The average Bonchev–Trinajstić information content (AvgIpc) is 3.01. The fraction of sp³-hybridized carbons (Fsp3) is 0.870. The number of ether oxygens (including phenoxy) is 1. The first kappa shape index (κ1) is 23.0. The Bertz CT molecular complexity index is 651. The van der Waals surface area contributed by atoms with Gasteiger partial charge in [-0.25, -0.2) is 0 Å². The lowest BCUT2D eigenvalue weighted by Gasteiger charge is -2.49. The highest BCUT2D eigenvalue weighted by Gasteiger charge is 2.63. The van der Waals surface area contributed by atoms with E-state index in [4.69, 9.17) is 4.74 Å². The van der Waals surface area contributed by atoms with Gasteiger partial charge in [0.25, 0.3) is 0 Å². The van der Waals surface area contributed by atoms with Crippen molar-refractivity contribution in [1.29, 1.82) is 0 Å². The molecule has 5 rings (SSSR count). The van der Waals surface area contributed by atoms with E-state index in [0.717, 1.165) is 43.9 Å². The summed E-state index contributed by atoms with van der Waals surface area (Å²) in [6, 6.07) is 0. The third kappa shape index (κ3) is 4.61. The molecule has 1 saturated carbocycles. The number of carbonyl (C=O) groups excluding carboxylic acids is 1. The number of hydrogen-bond donors (Lipinski definition) is 2. The zero-order chi connectivity index (χ0) is 21.2. The van der Waals surface area contributed by atoms with Crippen LogP contribution in [-0.2, 0) is 9.53 Å². The monoisotopic (exact) mass is 454 g/mol. The van der Waals surface area contributed by atoms with E-state index >= 15 is 0 Å². The summed E-state index contributed by atoms with van der Waals surface area (Å²) < 4.78 is 5.85. The molecule has 2 N–H and O–H groups in total. The van der Waals surface area contributed by atoms with Gasteiger partial charge >= 0.3 is 5.97 Å². The smallest absolute Gasteiger partial charge is 0.314 e. The molecule has 0 radical (unpaired) electrons. The molecule has 0 aromatic carbocycles. The van der Waals surface area contributed by atoms with Gasteiger partial charge in [-0.1, -0.05) is 12.5 Å². The second-order valence-electron chi connectivity index (χ2n) is 9.74. The molecule has 4 atom stereocenters. The van der Waals surface area contributed by atoms with Gasteiger partial charge in [0.05, 0.1) is 0 Å². The molecule has 0 aromatic heterocycles. The Labute approximate surface area is 190 Å². The molecule has 2 unspecified atom stereocenters. The number of esters is 1. The number of rotatable bonds is 2. The normalized spacial score (nSPS) is 39.5. The van der Waals surface area contributed by atoms with Gasteiger partial charge in [0.2, 0.25) is 0 Å². The van der Waals surface area contributed by atoms with Crippen molar-refractivity contribution in [2.24, 2.45) is 11.3 Å². The molecule has 3 heterocycles. The first-order chi connectivity index (χ1) is 14.4. The van der Waals surface area contributed by atoms with Crippen LogP contribution in [0, 0.1) is 11.3 Å². The third-order valence-electron chi connectivity index (χ3n) is 7.70. The van der Waals surface area contributed by atoms with Crippen molar-refractivity contribution in [1.82, 2.24) is 10.2 Å². The van der Waals surface area contributed by atoms with Gasteiger partial charge in [-0.2, -0.15) is 23.5 Å². The summed E-state index contributed by atoms with van der Waals surface area (Å²) in [6.45, 7) is 9.56. The average molecular weight is 455 g/mol. The maximum atomic E-state index is 12.7. The standard InChI is InChI=1S/C19H29NO3S.C4H9NS/c1-13-4-3-5-18(2)6-7-19(22)14(12-20-8-10-24-11-9-20)17(21)23-16(19)15(13)18;1-3-6-4-2-5-1/h14,16,22H,3-12H2,1-2H3;5H,1-4H2/t14?,16-,18+,19?;/m0./s1. The summed E-state index contributed by atoms with van der Waals surface area (Å²) in [5.41, 5.74) is 1.69. The molecule has 30 heavy (non-hydrogen) atoms. The van der Waals surface area contributed by atoms with Gasteiger partial charge in [-0.05, 0) is 50.0 Å². The van der Waals surface area contributed by atoms with Gasteiger partial charge in [0.15, 0.2) is 6.10 Å². The van der Waals surface area contributed by atoms with E-state index in [1.54, 1.807) is 0 Å². The molecule has 3 saturated heterocycles. The number of nitrogens with one attached hydrogen (secondary N) is 1. The topological polar surface area (TPSA) is 61.8 Å². The molecule has 7 heteroatoms. The van der Waals surface area contributed by atoms with Crippen molar-refractivity contribution < 1.29 is 14.6 Å². The van der Waals surface area contributed by atoms with Crippen LogP contribution in [0.2, 0.25) is 0 Å².